The van der Waals surface area contributed by atoms with Gasteiger partial charge in [0, 0.05) is 6.04 Å². The van der Waals surface area contributed by atoms with Crippen LogP contribution in [0.4, 0.5) is 8.78 Å². The Balaban J connectivity index is 1.98. The Hall–Kier alpha value is -0.180. The van der Waals surface area contributed by atoms with E-state index in [0.29, 0.717) is 18.8 Å². The summed E-state index contributed by atoms with van der Waals surface area (Å²) in [5.41, 5.74) is 0. The van der Waals surface area contributed by atoms with Gasteiger partial charge in [-0.05, 0) is 38.1 Å². The molecule has 0 aromatic carbocycles. The molecular formula is C9H15F2N. The van der Waals surface area contributed by atoms with Crippen LogP contribution in [-0.4, -0.2) is 24.9 Å². The first-order valence-electron chi connectivity index (χ1n) is 4.79. The number of nitrogens with one attached hydrogen (secondary N) is 1. The third-order valence-electron chi connectivity index (χ3n) is 3.13. The van der Waals surface area contributed by atoms with Gasteiger partial charge in [-0.1, -0.05) is 0 Å². The molecule has 0 bridgehead atoms. The summed E-state index contributed by atoms with van der Waals surface area (Å²) in [6.07, 6.45) is 0.573. The van der Waals surface area contributed by atoms with Crippen LogP contribution in [0.2, 0.25) is 0 Å². The molecule has 0 aromatic heterocycles. The lowest BCUT2D eigenvalue weighted by Crippen LogP contribution is -2.49. The van der Waals surface area contributed by atoms with Gasteiger partial charge in [0.25, 0.3) is 0 Å². The van der Waals surface area contributed by atoms with Crippen LogP contribution in [0.25, 0.3) is 0 Å². The number of alkyl halides is 2. The predicted octanol–water partition coefficient (Wildman–Crippen LogP) is 1.82. The van der Waals surface area contributed by atoms with Crippen LogP contribution in [0.3, 0.4) is 0 Å². The largest absolute Gasteiger partial charge is 0.314 e. The Bertz CT molecular complexity index is 145. The number of hydrogen-bond acceptors (Lipinski definition) is 1. The molecular weight excluding hydrogens is 160 g/mol. The SMILES string of the molecule is FC1CC2CCCNC2CC1F. The van der Waals surface area contributed by atoms with Crippen molar-refractivity contribution in [3.05, 3.63) is 0 Å². The fraction of sp³-hybridized carbons (Fsp3) is 1.00. The fourth-order valence-electron chi connectivity index (χ4n) is 2.40. The van der Waals surface area contributed by atoms with E-state index in [4.69, 9.17) is 0 Å². The van der Waals surface area contributed by atoms with Crippen LogP contribution in [0.15, 0.2) is 0 Å². The molecule has 3 heteroatoms. The van der Waals surface area contributed by atoms with Gasteiger partial charge < -0.3 is 5.32 Å². The maximum absolute atomic E-state index is 12.9. The summed E-state index contributed by atoms with van der Waals surface area (Å²) >= 11 is 0. The second-order valence-electron chi connectivity index (χ2n) is 3.97. The normalized spacial score (nSPS) is 48.5. The summed E-state index contributed by atoms with van der Waals surface area (Å²) in [4.78, 5) is 0. The van der Waals surface area contributed by atoms with Crippen LogP contribution in [0, 0.1) is 5.92 Å². The molecule has 1 heterocycles. The average Bonchev–Trinajstić information content (AvgIpc) is 2.07. The van der Waals surface area contributed by atoms with Crippen molar-refractivity contribution in [2.75, 3.05) is 6.54 Å². The van der Waals surface area contributed by atoms with Crippen LogP contribution in [-0.2, 0) is 0 Å². The number of rotatable bonds is 0. The van der Waals surface area contributed by atoms with Crippen molar-refractivity contribution < 1.29 is 8.78 Å². The maximum Gasteiger partial charge on any atom is 0.133 e. The van der Waals surface area contributed by atoms with Gasteiger partial charge in [0.1, 0.15) is 12.3 Å². The van der Waals surface area contributed by atoms with E-state index < -0.39 is 12.3 Å². The Kier molecular flexibility index (Phi) is 2.31. The maximum atomic E-state index is 12.9. The number of fused-ring (bicyclic) bond motifs is 1. The highest BCUT2D eigenvalue weighted by Gasteiger charge is 2.38. The molecule has 0 spiro atoms. The molecule has 0 amide bonds. The molecule has 1 saturated carbocycles. The first-order valence-corrected chi connectivity index (χ1v) is 4.79. The molecule has 2 aliphatic rings. The van der Waals surface area contributed by atoms with Crippen LogP contribution < -0.4 is 5.32 Å². The minimum atomic E-state index is -1.23. The van der Waals surface area contributed by atoms with Gasteiger partial charge in [0.05, 0.1) is 0 Å². The lowest BCUT2D eigenvalue weighted by atomic mass is 9.78. The highest BCUT2D eigenvalue weighted by Crippen LogP contribution is 2.33. The van der Waals surface area contributed by atoms with E-state index in [1.165, 1.54) is 0 Å². The predicted molar refractivity (Wildman–Crippen MR) is 43.5 cm³/mol. The molecule has 0 radical (unpaired) electrons. The van der Waals surface area contributed by atoms with Gasteiger partial charge in [-0.3, -0.25) is 0 Å². The molecule has 1 aliphatic heterocycles. The van der Waals surface area contributed by atoms with Gasteiger partial charge in [0.2, 0.25) is 0 Å². The lowest BCUT2D eigenvalue weighted by molar-refractivity contribution is 0.0520. The highest BCUT2D eigenvalue weighted by atomic mass is 19.2. The zero-order valence-electron chi connectivity index (χ0n) is 7.10. The topological polar surface area (TPSA) is 12.0 Å². The van der Waals surface area contributed by atoms with E-state index in [1.54, 1.807) is 0 Å². The lowest BCUT2D eigenvalue weighted by Gasteiger charge is -2.39. The van der Waals surface area contributed by atoms with Gasteiger partial charge >= 0.3 is 0 Å². The highest BCUT2D eigenvalue weighted by molar-refractivity contribution is 4.92. The summed E-state index contributed by atoms with van der Waals surface area (Å²) < 4.78 is 25.9. The Morgan fingerprint density at radius 1 is 1.08 bits per heavy atom. The molecule has 1 saturated heterocycles. The molecule has 12 heavy (non-hydrogen) atoms. The first kappa shape index (κ1) is 8.42. The zero-order chi connectivity index (χ0) is 8.55. The molecule has 0 aromatic rings. The molecule has 4 unspecified atom stereocenters. The van der Waals surface area contributed by atoms with E-state index in [2.05, 4.69) is 5.32 Å². The van der Waals surface area contributed by atoms with Gasteiger partial charge in [-0.25, -0.2) is 8.78 Å². The molecule has 1 aliphatic carbocycles. The summed E-state index contributed by atoms with van der Waals surface area (Å²) in [7, 11) is 0. The molecule has 1 nitrogen and oxygen atoms in total. The minimum absolute atomic E-state index is 0.251. The standard InChI is InChI=1S/C9H15F2N/c10-7-4-6-2-1-3-12-9(6)5-8(7)11/h6-9,12H,1-5H2. The third-order valence-corrected chi connectivity index (χ3v) is 3.13. The van der Waals surface area contributed by atoms with E-state index in [-0.39, 0.29) is 6.04 Å². The molecule has 2 rings (SSSR count). The smallest absolute Gasteiger partial charge is 0.133 e. The average molecular weight is 175 g/mol. The molecule has 70 valence electrons. The van der Waals surface area contributed by atoms with Crippen LogP contribution in [0.1, 0.15) is 25.7 Å². The Labute approximate surface area is 71.5 Å². The Morgan fingerprint density at radius 2 is 1.83 bits per heavy atom. The molecule has 2 fully saturated rings. The van der Waals surface area contributed by atoms with E-state index in [1.807, 2.05) is 0 Å². The van der Waals surface area contributed by atoms with Crippen LogP contribution in [0.5, 0.6) is 0 Å². The monoisotopic (exact) mass is 175 g/mol. The minimum Gasteiger partial charge on any atom is -0.314 e. The van der Waals surface area contributed by atoms with Gasteiger partial charge in [-0.15, -0.1) is 0 Å². The van der Waals surface area contributed by atoms with Crippen molar-refractivity contribution >= 4 is 0 Å². The van der Waals surface area contributed by atoms with E-state index in [9.17, 15) is 8.78 Å². The van der Waals surface area contributed by atoms with Crippen molar-refractivity contribution in [2.24, 2.45) is 5.92 Å². The van der Waals surface area contributed by atoms with Crippen molar-refractivity contribution in [1.29, 1.82) is 0 Å². The van der Waals surface area contributed by atoms with Gasteiger partial charge in [0.15, 0.2) is 0 Å². The Morgan fingerprint density at radius 3 is 2.67 bits per heavy atom. The van der Waals surface area contributed by atoms with Crippen molar-refractivity contribution in [2.45, 2.75) is 44.1 Å². The molecule has 4 atom stereocenters. The quantitative estimate of drug-likeness (QED) is 0.592. The van der Waals surface area contributed by atoms with E-state index in [0.717, 1.165) is 19.4 Å². The first-order chi connectivity index (χ1) is 5.77. The molecule has 1 N–H and O–H groups in total. The van der Waals surface area contributed by atoms with E-state index >= 15 is 0 Å². The summed E-state index contributed by atoms with van der Waals surface area (Å²) in [5, 5.41) is 3.27. The third kappa shape index (κ3) is 1.47. The zero-order valence-corrected chi connectivity index (χ0v) is 7.10. The van der Waals surface area contributed by atoms with Gasteiger partial charge in [-0.2, -0.15) is 0 Å². The van der Waals surface area contributed by atoms with Crippen LogP contribution >= 0.6 is 0 Å². The van der Waals surface area contributed by atoms with Crippen molar-refractivity contribution in [3.8, 4) is 0 Å². The summed E-state index contributed by atoms with van der Waals surface area (Å²) in [6, 6.07) is 0.251. The second-order valence-corrected chi connectivity index (χ2v) is 3.97. The second kappa shape index (κ2) is 3.29. The van der Waals surface area contributed by atoms with Crippen molar-refractivity contribution in [3.63, 3.8) is 0 Å². The van der Waals surface area contributed by atoms with Crippen molar-refractivity contribution in [1.82, 2.24) is 5.32 Å². The number of hydrogen-bond donors (Lipinski definition) is 1. The summed E-state index contributed by atoms with van der Waals surface area (Å²) in [6.45, 7) is 0.977. The number of piperidine rings is 1. The fourth-order valence-corrected chi connectivity index (χ4v) is 2.40. The number of halogens is 2. The summed E-state index contributed by atoms with van der Waals surface area (Å²) in [5.74, 6) is 0.390.